The predicted octanol–water partition coefficient (Wildman–Crippen LogP) is 1.32. The SMILES string of the molecule is OC1CCc2nnc(Cc3ccccc3F)n2C1. The summed E-state index contributed by atoms with van der Waals surface area (Å²) in [6.45, 7) is 0.506. The molecule has 1 aromatic carbocycles. The van der Waals surface area contributed by atoms with Crippen molar-refractivity contribution < 1.29 is 9.50 Å². The van der Waals surface area contributed by atoms with Gasteiger partial charge in [0, 0.05) is 12.8 Å². The Balaban J connectivity index is 1.90. The monoisotopic (exact) mass is 247 g/mol. The molecular formula is C13H14FN3O. The molecule has 18 heavy (non-hydrogen) atoms. The molecule has 1 unspecified atom stereocenters. The lowest BCUT2D eigenvalue weighted by Crippen LogP contribution is -2.25. The van der Waals surface area contributed by atoms with Gasteiger partial charge in [0.1, 0.15) is 17.5 Å². The molecular weight excluding hydrogens is 233 g/mol. The van der Waals surface area contributed by atoms with Crippen molar-refractivity contribution in [2.45, 2.75) is 31.9 Å². The van der Waals surface area contributed by atoms with Crippen LogP contribution in [0.1, 0.15) is 23.6 Å². The van der Waals surface area contributed by atoms with Gasteiger partial charge in [-0.1, -0.05) is 18.2 Å². The molecule has 2 heterocycles. The molecule has 0 radical (unpaired) electrons. The molecule has 0 saturated heterocycles. The highest BCUT2D eigenvalue weighted by molar-refractivity contribution is 5.21. The van der Waals surface area contributed by atoms with Crippen molar-refractivity contribution in [1.29, 1.82) is 0 Å². The van der Waals surface area contributed by atoms with Crippen molar-refractivity contribution in [1.82, 2.24) is 14.8 Å². The van der Waals surface area contributed by atoms with Crippen LogP contribution in [0, 0.1) is 5.82 Å². The van der Waals surface area contributed by atoms with Gasteiger partial charge in [0.05, 0.1) is 12.6 Å². The number of halogens is 1. The second-order valence-corrected chi connectivity index (χ2v) is 4.60. The first-order valence-corrected chi connectivity index (χ1v) is 6.06. The van der Waals surface area contributed by atoms with Gasteiger partial charge in [0.2, 0.25) is 0 Å². The van der Waals surface area contributed by atoms with E-state index in [1.165, 1.54) is 6.07 Å². The van der Waals surface area contributed by atoms with Crippen LogP contribution in [0.2, 0.25) is 0 Å². The van der Waals surface area contributed by atoms with E-state index in [-0.39, 0.29) is 11.9 Å². The van der Waals surface area contributed by atoms with Gasteiger partial charge in [-0.25, -0.2) is 4.39 Å². The molecule has 94 valence electrons. The third-order valence-corrected chi connectivity index (χ3v) is 3.30. The Labute approximate surface area is 104 Å². The largest absolute Gasteiger partial charge is 0.391 e. The fraction of sp³-hybridized carbons (Fsp3) is 0.385. The van der Waals surface area contributed by atoms with Crippen LogP contribution in [0.5, 0.6) is 0 Å². The number of nitrogens with zero attached hydrogens (tertiary/aromatic N) is 3. The van der Waals surface area contributed by atoms with Crippen molar-refractivity contribution in [3.05, 3.63) is 47.3 Å². The van der Waals surface area contributed by atoms with Crippen molar-refractivity contribution in [3.63, 3.8) is 0 Å². The van der Waals surface area contributed by atoms with Gasteiger partial charge in [-0.2, -0.15) is 0 Å². The minimum Gasteiger partial charge on any atom is -0.391 e. The van der Waals surface area contributed by atoms with Crippen LogP contribution in [-0.2, 0) is 19.4 Å². The summed E-state index contributed by atoms with van der Waals surface area (Å²) in [6.07, 6.45) is 1.50. The maximum Gasteiger partial charge on any atom is 0.137 e. The zero-order chi connectivity index (χ0) is 12.5. The van der Waals surface area contributed by atoms with Crippen LogP contribution in [0.3, 0.4) is 0 Å². The fourth-order valence-corrected chi connectivity index (χ4v) is 2.31. The van der Waals surface area contributed by atoms with Crippen LogP contribution in [-0.4, -0.2) is 26.0 Å². The van der Waals surface area contributed by atoms with Gasteiger partial charge < -0.3 is 9.67 Å². The predicted molar refractivity (Wildman–Crippen MR) is 63.6 cm³/mol. The Kier molecular flexibility index (Phi) is 2.83. The number of aliphatic hydroxyl groups is 1. The molecule has 5 heteroatoms. The normalized spacial score (nSPS) is 18.7. The molecule has 0 aliphatic carbocycles. The van der Waals surface area contributed by atoms with E-state index < -0.39 is 0 Å². The average Bonchev–Trinajstić information content (AvgIpc) is 2.75. The summed E-state index contributed by atoms with van der Waals surface area (Å²) < 4.78 is 15.5. The van der Waals surface area contributed by atoms with Crippen molar-refractivity contribution >= 4 is 0 Å². The van der Waals surface area contributed by atoms with Gasteiger partial charge in [0.25, 0.3) is 0 Å². The Hall–Kier alpha value is -1.75. The number of hydrogen-bond donors (Lipinski definition) is 1. The summed E-state index contributed by atoms with van der Waals surface area (Å²) >= 11 is 0. The highest BCUT2D eigenvalue weighted by atomic mass is 19.1. The van der Waals surface area contributed by atoms with Gasteiger partial charge in [0.15, 0.2) is 0 Å². The summed E-state index contributed by atoms with van der Waals surface area (Å²) in [6, 6.07) is 6.66. The first kappa shape index (κ1) is 11.3. The standard InChI is InChI=1S/C13H14FN3O/c14-11-4-2-1-3-9(11)7-13-16-15-12-6-5-10(18)8-17(12)13/h1-4,10,18H,5-8H2. The number of rotatable bonds is 2. The van der Waals surface area contributed by atoms with Gasteiger partial charge >= 0.3 is 0 Å². The molecule has 1 aliphatic heterocycles. The molecule has 4 nitrogen and oxygen atoms in total. The second-order valence-electron chi connectivity index (χ2n) is 4.60. The highest BCUT2D eigenvalue weighted by Gasteiger charge is 2.21. The first-order chi connectivity index (χ1) is 8.74. The minimum absolute atomic E-state index is 0.230. The molecule has 1 aromatic heterocycles. The van der Waals surface area contributed by atoms with E-state index in [0.29, 0.717) is 24.4 Å². The third kappa shape index (κ3) is 2.01. The molecule has 2 aromatic rings. The van der Waals surface area contributed by atoms with E-state index >= 15 is 0 Å². The molecule has 1 N–H and O–H groups in total. The van der Waals surface area contributed by atoms with Gasteiger partial charge in [-0.15, -0.1) is 10.2 Å². The Morgan fingerprint density at radius 1 is 1.33 bits per heavy atom. The maximum absolute atomic E-state index is 13.6. The molecule has 0 spiro atoms. The number of aromatic nitrogens is 3. The van der Waals surface area contributed by atoms with E-state index in [0.717, 1.165) is 18.7 Å². The quantitative estimate of drug-likeness (QED) is 0.870. The second kappa shape index (κ2) is 4.49. The van der Waals surface area contributed by atoms with E-state index in [1.807, 2.05) is 4.57 Å². The maximum atomic E-state index is 13.6. The Morgan fingerprint density at radius 2 is 2.17 bits per heavy atom. The van der Waals surface area contributed by atoms with Gasteiger partial charge in [-0.3, -0.25) is 0 Å². The Morgan fingerprint density at radius 3 is 3.00 bits per heavy atom. The van der Waals surface area contributed by atoms with Crippen LogP contribution >= 0.6 is 0 Å². The van der Waals surface area contributed by atoms with E-state index in [1.54, 1.807) is 18.2 Å². The molecule has 3 rings (SSSR count). The lowest BCUT2D eigenvalue weighted by atomic mass is 10.1. The number of benzene rings is 1. The Bertz CT molecular complexity index is 567. The summed E-state index contributed by atoms with van der Waals surface area (Å²) in [5.41, 5.74) is 0.604. The smallest absolute Gasteiger partial charge is 0.137 e. The number of aryl methyl sites for hydroxylation is 1. The van der Waals surface area contributed by atoms with E-state index in [9.17, 15) is 9.50 Å². The van der Waals surface area contributed by atoms with Crippen LogP contribution < -0.4 is 0 Å². The minimum atomic E-state index is -0.354. The van der Waals surface area contributed by atoms with Crippen molar-refractivity contribution in [3.8, 4) is 0 Å². The zero-order valence-electron chi connectivity index (χ0n) is 9.88. The van der Waals surface area contributed by atoms with Crippen molar-refractivity contribution in [2.75, 3.05) is 0 Å². The van der Waals surface area contributed by atoms with E-state index in [4.69, 9.17) is 0 Å². The molecule has 0 bridgehead atoms. The number of aliphatic hydroxyl groups excluding tert-OH is 1. The van der Waals surface area contributed by atoms with Gasteiger partial charge in [-0.05, 0) is 18.1 Å². The first-order valence-electron chi connectivity index (χ1n) is 6.06. The van der Waals surface area contributed by atoms with Crippen LogP contribution in [0.25, 0.3) is 0 Å². The van der Waals surface area contributed by atoms with Crippen molar-refractivity contribution in [2.24, 2.45) is 0 Å². The zero-order valence-corrected chi connectivity index (χ0v) is 9.88. The summed E-state index contributed by atoms with van der Waals surface area (Å²) in [7, 11) is 0. The van der Waals surface area contributed by atoms with E-state index in [2.05, 4.69) is 10.2 Å². The summed E-state index contributed by atoms with van der Waals surface area (Å²) in [5.74, 6) is 1.37. The molecule has 0 fully saturated rings. The molecule has 1 aliphatic rings. The lowest BCUT2D eigenvalue weighted by molar-refractivity contribution is 0.129. The topological polar surface area (TPSA) is 50.9 Å². The lowest BCUT2D eigenvalue weighted by Gasteiger charge is -2.20. The molecule has 1 atom stereocenters. The van der Waals surface area contributed by atoms with Crippen LogP contribution in [0.4, 0.5) is 4.39 Å². The number of fused-ring (bicyclic) bond motifs is 1. The highest BCUT2D eigenvalue weighted by Crippen LogP contribution is 2.18. The fourth-order valence-electron chi connectivity index (χ4n) is 2.31. The summed E-state index contributed by atoms with van der Waals surface area (Å²) in [5, 5.41) is 17.9. The van der Waals surface area contributed by atoms with Crippen LogP contribution in [0.15, 0.2) is 24.3 Å². The third-order valence-electron chi connectivity index (χ3n) is 3.30. The molecule has 0 amide bonds. The summed E-state index contributed by atoms with van der Waals surface area (Å²) in [4.78, 5) is 0. The average molecular weight is 247 g/mol. The molecule has 0 saturated carbocycles. The number of hydrogen-bond acceptors (Lipinski definition) is 3.